The van der Waals surface area contributed by atoms with E-state index in [0.29, 0.717) is 30.2 Å². The molecule has 13 atom stereocenters. The Bertz CT molecular complexity index is 1650. The topological polar surface area (TPSA) is 170 Å². The van der Waals surface area contributed by atoms with Gasteiger partial charge in [-0.05, 0) is 84.7 Å². The number of esters is 2. The molecule has 58 heavy (non-hydrogen) atoms. The Balaban J connectivity index is 1.60. The summed E-state index contributed by atoms with van der Waals surface area (Å²) in [4.78, 5) is 62.0. The second kappa shape index (κ2) is 18.7. The van der Waals surface area contributed by atoms with Gasteiger partial charge in [-0.1, -0.05) is 51.9 Å². The van der Waals surface area contributed by atoms with Crippen molar-refractivity contribution < 1.29 is 57.2 Å². The Morgan fingerprint density at radius 2 is 1.71 bits per heavy atom. The maximum absolute atomic E-state index is 14.5. The molecule has 0 aromatic heterocycles. The fourth-order valence-corrected chi connectivity index (χ4v) is 8.83. The lowest BCUT2D eigenvalue weighted by Gasteiger charge is -2.47. The number of ketones is 1. The van der Waals surface area contributed by atoms with Crippen molar-refractivity contribution in [2.75, 3.05) is 27.3 Å². The van der Waals surface area contributed by atoms with Crippen LogP contribution in [0.25, 0.3) is 0 Å². The first kappa shape index (κ1) is 45.5. The molecule has 0 spiro atoms. The zero-order chi connectivity index (χ0) is 42.7. The number of nitrogens with one attached hydrogen (secondary N) is 1. The second-order valence-electron chi connectivity index (χ2n) is 17.6. The van der Waals surface area contributed by atoms with Crippen molar-refractivity contribution in [2.45, 2.75) is 161 Å². The number of carbonyl (C=O) groups excluding carboxylic acids is 4. The van der Waals surface area contributed by atoms with Crippen molar-refractivity contribution >= 4 is 29.5 Å². The number of ether oxygens (including phenoxy) is 7. The maximum atomic E-state index is 14.5. The third kappa shape index (κ3) is 10.2. The average molecular weight is 816 g/mol. The van der Waals surface area contributed by atoms with Gasteiger partial charge in [0.25, 0.3) is 0 Å². The average Bonchev–Trinajstić information content (AvgIpc) is 3.50. The Morgan fingerprint density at radius 3 is 2.33 bits per heavy atom. The number of cyclic esters (lactones) is 1. The van der Waals surface area contributed by atoms with Crippen LogP contribution in [0.5, 0.6) is 5.75 Å². The zero-order valence-corrected chi connectivity index (χ0v) is 36.3. The number of Topliss-reactive ketones (excluding diaryl/α,β-unsaturated/α-hetero) is 1. The molecule has 5 rings (SSSR count). The number of likely N-dealkylation sites (N-methyl/N-ethyl adjacent to an activating group) is 1. The van der Waals surface area contributed by atoms with Gasteiger partial charge in [0.1, 0.15) is 17.6 Å². The zero-order valence-electron chi connectivity index (χ0n) is 36.3. The van der Waals surface area contributed by atoms with Gasteiger partial charge in [0.2, 0.25) is 0 Å². The Labute approximate surface area is 343 Å². The quantitative estimate of drug-likeness (QED) is 0.197. The summed E-state index contributed by atoms with van der Waals surface area (Å²) in [5.74, 6) is -2.59. The molecule has 1 N–H and O–H groups in total. The first-order valence-electron chi connectivity index (χ1n) is 20.7. The van der Waals surface area contributed by atoms with Crippen LogP contribution in [0.2, 0.25) is 0 Å². The van der Waals surface area contributed by atoms with Crippen LogP contribution < -0.4 is 10.2 Å². The van der Waals surface area contributed by atoms with Gasteiger partial charge < -0.3 is 48.2 Å². The van der Waals surface area contributed by atoms with Gasteiger partial charge in [-0.3, -0.25) is 14.4 Å². The van der Waals surface area contributed by atoms with E-state index in [9.17, 15) is 19.2 Å². The first-order chi connectivity index (χ1) is 27.3. The molecule has 15 nitrogen and oxygen atoms in total. The number of hydrogen-bond donors (Lipinski definition) is 1. The smallest absolute Gasteiger partial charge is 0.408 e. The highest BCUT2D eigenvalue weighted by atomic mass is 16.7. The Hall–Kier alpha value is -3.63. The van der Waals surface area contributed by atoms with Crippen LogP contribution in [0.4, 0.5) is 4.79 Å². The summed E-state index contributed by atoms with van der Waals surface area (Å²) in [6.07, 6.45) is -4.26. The number of rotatable bonds is 8. The summed E-state index contributed by atoms with van der Waals surface area (Å²) in [6.45, 7) is 18.1. The molecule has 324 valence electrons. The third-order valence-electron chi connectivity index (χ3n) is 12.4. The molecule has 1 aromatic rings. The lowest BCUT2D eigenvalue weighted by Crippen LogP contribution is -2.59. The van der Waals surface area contributed by atoms with E-state index in [1.54, 1.807) is 20.8 Å². The normalized spacial score (nSPS) is 38.5. The van der Waals surface area contributed by atoms with Gasteiger partial charge in [0.05, 0.1) is 55.1 Å². The fraction of sp³-hybridized carbons (Fsp3) is 0.744. The molecule has 4 heterocycles. The summed E-state index contributed by atoms with van der Waals surface area (Å²) >= 11 is 0. The van der Waals surface area contributed by atoms with E-state index in [1.807, 2.05) is 71.0 Å². The number of alkyl carbamates (subject to hydrolysis) is 1. The van der Waals surface area contributed by atoms with Gasteiger partial charge >= 0.3 is 18.0 Å². The molecule has 1 aromatic carbocycles. The predicted molar refractivity (Wildman–Crippen MR) is 213 cm³/mol. The van der Waals surface area contributed by atoms with E-state index in [-0.39, 0.29) is 44.0 Å². The number of carbonyl (C=O) groups is 4. The minimum Gasteiger partial charge on any atom is -0.458 e. The molecule has 4 aliphatic heterocycles. The summed E-state index contributed by atoms with van der Waals surface area (Å²) in [5.41, 5.74) is -1.02. The highest BCUT2D eigenvalue weighted by Gasteiger charge is 2.57. The van der Waals surface area contributed by atoms with Crippen molar-refractivity contribution in [2.24, 2.45) is 22.9 Å². The van der Waals surface area contributed by atoms with Gasteiger partial charge in [-0.2, -0.15) is 0 Å². The Kier molecular flexibility index (Phi) is 14.7. The monoisotopic (exact) mass is 815 g/mol. The summed E-state index contributed by atoms with van der Waals surface area (Å²) < 4.78 is 44.7. The largest absolute Gasteiger partial charge is 0.458 e. The van der Waals surface area contributed by atoms with Gasteiger partial charge in [0, 0.05) is 25.2 Å². The van der Waals surface area contributed by atoms with Gasteiger partial charge in [0.15, 0.2) is 23.7 Å². The number of nitrogens with zero attached hydrogens (tertiary/aromatic N) is 2. The molecule has 4 saturated heterocycles. The van der Waals surface area contributed by atoms with Crippen LogP contribution in [0, 0.1) is 17.8 Å². The number of oxime groups is 1. The first-order valence-corrected chi connectivity index (χ1v) is 20.7. The van der Waals surface area contributed by atoms with Crippen LogP contribution in [0.15, 0.2) is 29.4 Å². The van der Waals surface area contributed by atoms with E-state index < -0.39 is 83.7 Å². The van der Waals surface area contributed by atoms with Crippen molar-refractivity contribution in [3.05, 3.63) is 29.8 Å². The molecule has 1 amide bonds. The molecule has 4 fully saturated rings. The van der Waals surface area contributed by atoms with Crippen LogP contribution >= 0.6 is 0 Å². The number of fused-ring (bicyclic) bond motifs is 4. The SMILES string of the molecule is CC[C@H]1OC(=O)[C@H](C)[C@H]2C[C@@H](OC3O[C@H](C)C[C@H](N(C)C)[C@H]3OC(C)=O)[C@](C)(C[C@@H](C)C(=O)[C@H](C)C3NC(=O)OC31C)OC/C(=N/Oc1ccc(C(C)C)cc1)CO2. The summed E-state index contributed by atoms with van der Waals surface area (Å²) in [6, 6.07) is 6.63. The molecule has 0 aliphatic carbocycles. The maximum Gasteiger partial charge on any atom is 0.408 e. The number of hydrogen-bond acceptors (Lipinski definition) is 14. The molecule has 0 saturated carbocycles. The van der Waals surface area contributed by atoms with Gasteiger partial charge in [-0.15, -0.1) is 0 Å². The van der Waals surface area contributed by atoms with Crippen LogP contribution in [0.3, 0.4) is 0 Å². The predicted octanol–water partition coefficient (Wildman–Crippen LogP) is 5.56. The minimum atomic E-state index is -1.33. The molecular weight excluding hydrogens is 750 g/mol. The van der Waals surface area contributed by atoms with Crippen LogP contribution in [-0.2, 0) is 47.5 Å². The second-order valence-corrected chi connectivity index (χ2v) is 17.6. The molecule has 15 heteroatoms. The van der Waals surface area contributed by atoms with E-state index in [0.717, 1.165) is 5.56 Å². The van der Waals surface area contributed by atoms with Crippen LogP contribution in [-0.4, -0.2) is 122 Å². The third-order valence-corrected chi connectivity index (χ3v) is 12.4. The minimum absolute atomic E-state index is 0.0606. The van der Waals surface area contributed by atoms with E-state index in [1.165, 1.54) is 6.92 Å². The van der Waals surface area contributed by atoms with Crippen molar-refractivity contribution in [1.29, 1.82) is 0 Å². The van der Waals surface area contributed by atoms with E-state index in [4.69, 9.17) is 38.0 Å². The molecule has 0 radical (unpaired) electrons. The van der Waals surface area contributed by atoms with Crippen molar-refractivity contribution in [3.63, 3.8) is 0 Å². The Morgan fingerprint density at radius 1 is 1.02 bits per heavy atom. The highest BCUT2D eigenvalue weighted by Crippen LogP contribution is 2.41. The highest BCUT2D eigenvalue weighted by molar-refractivity contribution is 5.87. The standard InChI is InChI=1S/C43H65N3O12/c1-13-34-43(10)38(44-41(50)57-43)27(7)36(48)24(4)20-42(9)35(56-40-37(54-28(8)47)32(46(11)12)18-25(5)53-40)19-33(26(6)39(49)55-34)51-21-30(22-52-42)45-58-31-16-14-29(15-17-31)23(2)3/h14-17,23-27,32-35,37-38,40H,13,18-22H2,1-12H3,(H,44,50)/b45-30+/t24-,25-,26-,27+,32+,33-,34-,35-,37-,38?,40?,42+,43?/m1/s1. The molecule has 2 bridgehead atoms. The lowest BCUT2D eigenvalue weighted by molar-refractivity contribution is -0.296. The van der Waals surface area contributed by atoms with Crippen LogP contribution in [0.1, 0.15) is 106 Å². The van der Waals surface area contributed by atoms with Gasteiger partial charge in [-0.25, -0.2) is 4.79 Å². The molecule has 4 aliphatic rings. The van der Waals surface area contributed by atoms with Crippen molar-refractivity contribution in [3.8, 4) is 5.75 Å². The lowest BCUT2D eigenvalue weighted by atomic mass is 9.75. The summed E-state index contributed by atoms with van der Waals surface area (Å²) in [7, 11) is 3.82. The molecular formula is C43H65N3O12. The number of benzene rings is 1. The number of amides is 1. The van der Waals surface area contributed by atoms with E-state index >= 15 is 0 Å². The fourth-order valence-electron chi connectivity index (χ4n) is 8.83. The van der Waals surface area contributed by atoms with E-state index in [2.05, 4.69) is 24.3 Å². The molecule has 3 unspecified atom stereocenters. The summed E-state index contributed by atoms with van der Waals surface area (Å²) in [5, 5.41) is 7.31. The van der Waals surface area contributed by atoms with Crippen molar-refractivity contribution in [1.82, 2.24) is 10.2 Å².